The van der Waals surface area contributed by atoms with Crippen molar-refractivity contribution < 1.29 is 9.59 Å². The standard InChI is InChI=1S/2C2H3NO.2ClH/c2*3-1-2-4;;/h2*1-3H;2*1H. The van der Waals surface area contributed by atoms with E-state index in [1.807, 2.05) is 0 Å². The number of hydrogen-bond donors (Lipinski definition) is 2. The molecule has 6 heteroatoms. The first-order chi connectivity index (χ1) is 3.83. The maximum atomic E-state index is 8.93. The van der Waals surface area contributed by atoms with Crippen LogP contribution >= 0.6 is 24.8 Å². The number of carbonyl (C=O) groups excluding carboxylic acids is 2. The molecule has 0 saturated carbocycles. The maximum absolute atomic E-state index is 8.93. The summed E-state index contributed by atoms with van der Waals surface area (Å²) in [5.74, 6) is 0. The van der Waals surface area contributed by atoms with Crippen molar-refractivity contribution in [3.8, 4) is 0 Å². The zero-order valence-electron chi connectivity index (χ0n) is 4.94. The highest BCUT2D eigenvalue weighted by Gasteiger charge is 1.41. The molecule has 0 unspecified atom stereocenters. The Bertz CT molecular complexity index is 73.3. The van der Waals surface area contributed by atoms with Crippen molar-refractivity contribution in [3.63, 3.8) is 0 Å². The summed E-state index contributed by atoms with van der Waals surface area (Å²) in [6.07, 6.45) is 2.22. The summed E-state index contributed by atoms with van der Waals surface area (Å²) in [4.78, 5) is 17.9. The van der Waals surface area contributed by atoms with E-state index in [1.54, 1.807) is 0 Å². The Balaban J connectivity index is -0.0000000300. The van der Waals surface area contributed by atoms with Crippen LogP contribution in [0.4, 0.5) is 0 Å². The molecule has 0 heterocycles. The average Bonchev–Trinajstić information content (AvgIpc) is 1.88. The Kier molecular flexibility index (Phi) is 93.5. The molecule has 0 atom stereocenters. The lowest BCUT2D eigenvalue weighted by Crippen LogP contribution is -1.60. The van der Waals surface area contributed by atoms with Gasteiger partial charge in [-0.2, -0.15) is 0 Å². The van der Waals surface area contributed by atoms with Gasteiger partial charge in [-0.3, -0.25) is 9.59 Å². The molecule has 0 amide bonds. The van der Waals surface area contributed by atoms with Gasteiger partial charge in [-0.05, 0) is 0 Å². The van der Waals surface area contributed by atoms with Crippen molar-refractivity contribution in [1.82, 2.24) is 0 Å². The van der Waals surface area contributed by atoms with Gasteiger partial charge in [0.25, 0.3) is 0 Å². The maximum Gasteiger partial charge on any atom is 0.160 e. The van der Waals surface area contributed by atoms with Crippen LogP contribution in [0.25, 0.3) is 0 Å². The van der Waals surface area contributed by atoms with Gasteiger partial charge in [0, 0.05) is 0 Å². The van der Waals surface area contributed by atoms with E-state index in [-0.39, 0.29) is 24.8 Å². The highest BCUT2D eigenvalue weighted by Crippen LogP contribution is 1.15. The Labute approximate surface area is 70.8 Å². The van der Waals surface area contributed by atoms with E-state index in [4.69, 9.17) is 20.4 Å². The van der Waals surface area contributed by atoms with Gasteiger partial charge in [0.15, 0.2) is 12.6 Å². The predicted octanol–water partition coefficient (Wildman–Crippen LogP) is 0.513. The van der Waals surface area contributed by atoms with Crippen LogP contribution in [0, 0.1) is 10.8 Å². The second-order valence-corrected chi connectivity index (χ2v) is 0.605. The topological polar surface area (TPSA) is 81.8 Å². The second-order valence-electron chi connectivity index (χ2n) is 0.605. The van der Waals surface area contributed by atoms with Crippen LogP contribution in [0.3, 0.4) is 0 Å². The Hall–Kier alpha value is -0.740. The lowest BCUT2D eigenvalue weighted by Gasteiger charge is -1.36. The van der Waals surface area contributed by atoms with E-state index in [9.17, 15) is 0 Å². The van der Waals surface area contributed by atoms with E-state index in [1.165, 1.54) is 0 Å². The van der Waals surface area contributed by atoms with Crippen LogP contribution in [0.2, 0.25) is 0 Å². The van der Waals surface area contributed by atoms with Crippen molar-refractivity contribution >= 4 is 49.8 Å². The fourth-order valence-electron chi connectivity index (χ4n) is 0. The van der Waals surface area contributed by atoms with E-state index >= 15 is 0 Å². The molecule has 4 nitrogen and oxygen atoms in total. The van der Waals surface area contributed by atoms with Crippen molar-refractivity contribution in [3.05, 3.63) is 0 Å². The monoisotopic (exact) mass is 186 g/mol. The van der Waals surface area contributed by atoms with Crippen LogP contribution < -0.4 is 0 Å². The fraction of sp³-hybridized carbons (Fsp3) is 0. The Morgan fingerprint density at radius 3 is 0.900 bits per heavy atom. The number of halogens is 2. The molecular weight excluding hydrogens is 179 g/mol. The molecule has 0 bridgehead atoms. The summed E-state index contributed by atoms with van der Waals surface area (Å²) in [6.45, 7) is 0. The molecule has 0 radical (unpaired) electrons. The lowest BCUT2D eigenvalue weighted by atomic mass is 10.9. The van der Waals surface area contributed by atoms with E-state index < -0.39 is 0 Å². The van der Waals surface area contributed by atoms with Crippen LogP contribution in [0.15, 0.2) is 0 Å². The molecule has 60 valence electrons. The number of carbonyl (C=O) groups is 2. The molecule has 0 aromatic heterocycles. The zero-order chi connectivity index (χ0) is 6.83. The lowest BCUT2D eigenvalue weighted by molar-refractivity contribution is -0.103. The largest absolute Gasteiger partial charge is 0.305 e. The molecule has 0 aromatic rings. The first-order valence-corrected chi connectivity index (χ1v) is 1.72. The summed E-state index contributed by atoms with van der Waals surface area (Å²) < 4.78 is 0. The molecule has 0 spiro atoms. The summed E-state index contributed by atoms with van der Waals surface area (Å²) in [5.41, 5.74) is 0. The molecule has 0 aliphatic rings. The third kappa shape index (κ3) is 179. The quantitative estimate of drug-likeness (QED) is 0.487. The van der Waals surface area contributed by atoms with Crippen LogP contribution in [-0.2, 0) is 9.59 Å². The van der Waals surface area contributed by atoms with Gasteiger partial charge in [0.1, 0.15) is 0 Å². The van der Waals surface area contributed by atoms with Crippen LogP contribution in [0.5, 0.6) is 0 Å². The van der Waals surface area contributed by atoms with Gasteiger partial charge in [0.05, 0.1) is 12.4 Å². The normalized spacial score (nSPS) is 4.00. The van der Waals surface area contributed by atoms with Crippen molar-refractivity contribution in [2.75, 3.05) is 0 Å². The highest BCUT2D eigenvalue weighted by molar-refractivity contribution is 6.11. The molecule has 0 aromatic carbocycles. The summed E-state index contributed by atoms with van der Waals surface area (Å²) in [5, 5.41) is 11.9. The predicted molar refractivity (Wildman–Crippen MR) is 44.2 cm³/mol. The first-order valence-electron chi connectivity index (χ1n) is 1.72. The molecule has 10 heavy (non-hydrogen) atoms. The van der Waals surface area contributed by atoms with Gasteiger partial charge in [0.2, 0.25) is 0 Å². The highest BCUT2D eigenvalue weighted by atomic mass is 35.5. The minimum atomic E-state index is 0. The Morgan fingerprint density at radius 2 is 0.900 bits per heavy atom. The fourth-order valence-corrected chi connectivity index (χ4v) is 0. The van der Waals surface area contributed by atoms with E-state index in [0.29, 0.717) is 25.0 Å². The smallest absolute Gasteiger partial charge is 0.160 e. The first kappa shape index (κ1) is 22.8. The van der Waals surface area contributed by atoms with E-state index in [2.05, 4.69) is 0 Å². The third-order valence-electron chi connectivity index (χ3n) is 0.136. The van der Waals surface area contributed by atoms with Gasteiger partial charge >= 0.3 is 0 Å². The molecule has 0 rings (SSSR count). The van der Waals surface area contributed by atoms with Crippen molar-refractivity contribution in [2.24, 2.45) is 0 Å². The molecule has 0 aliphatic heterocycles. The van der Waals surface area contributed by atoms with Crippen molar-refractivity contribution in [2.45, 2.75) is 0 Å². The molecule has 2 N–H and O–H groups in total. The van der Waals surface area contributed by atoms with Crippen LogP contribution in [0.1, 0.15) is 0 Å². The minimum absolute atomic E-state index is 0. The zero-order valence-corrected chi connectivity index (χ0v) is 6.58. The average molecular weight is 187 g/mol. The summed E-state index contributed by atoms with van der Waals surface area (Å²) in [6, 6.07) is 0. The summed E-state index contributed by atoms with van der Waals surface area (Å²) >= 11 is 0. The van der Waals surface area contributed by atoms with E-state index in [0.717, 1.165) is 0 Å². The second kappa shape index (κ2) is 41.0. The van der Waals surface area contributed by atoms with Gasteiger partial charge < -0.3 is 10.8 Å². The number of hydrogen-bond acceptors (Lipinski definition) is 4. The summed E-state index contributed by atoms with van der Waals surface area (Å²) in [7, 11) is 0. The van der Waals surface area contributed by atoms with Crippen LogP contribution in [-0.4, -0.2) is 25.0 Å². The van der Waals surface area contributed by atoms with Gasteiger partial charge in [-0.15, -0.1) is 24.8 Å². The Morgan fingerprint density at radius 1 is 0.800 bits per heavy atom. The molecule has 0 saturated heterocycles. The van der Waals surface area contributed by atoms with Gasteiger partial charge in [-0.25, -0.2) is 0 Å². The molecular formula is C4H8Cl2N2O2. The molecule has 0 aliphatic carbocycles. The number of nitrogens with one attached hydrogen (secondary N) is 2. The SMILES string of the molecule is Cl.Cl.N=CC=O.N=CC=O. The number of aldehydes is 2. The number of rotatable bonds is 2. The minimum Gasteiger partial charge on any atom is -0.305 e. The van der Waals surface area contributed by atoms with Crippen molar-refractivity contribution in [1.29, 1.82) is 10.8 Å². The third-order valence-corrected chi connectivity index (χ3v) is 0.136. The van der Waals surface area contributed by atoms with Gasteiger partial charge in [-0.1, -0.05) is 0 Å². The molecule has 0 fully saturated rings.